The monoisotopic (exact) mass is 499 g/mol. The Morgan fingerprint density at radius 3 is 2.35 bits per heavy atom. The first-order valence-electron chi connectivity index (χ1n) is 9.91. The van der Waals surface area contributed by atoms with Crippen molar-refractivity contribution in [2.45, 2.75) is 6.92 Å². The van der Waals surface area contributed by atoms with Gasteiger partial charge in [-0.2, -0.15) is 10.1 Å². The van der Waals surface area contributed by atoms with Gasteiger partial charge in [-0.05, 0) is 43.3 Å². The van der Waals surface area contributed by atoms with E-state index in [1.54, 1.807) is 61.5 Å². The van der Waals surface area contributed by atoms with Crippen LogP contribution in [0.4, 0.5) is 27.8 Å². The quantitative estimate of drug-likeness (QED) is 0.245. The van der Waals surface area contributed by atoms with Crippen molar-refractivity contribution >= 4 is 52.2 Å². The van der Waals surface area contributed by atoms with Gasteiger partial charge in [-0.3, -0.25) is 5.10 Å². The van der Waals surface area contributed by atoms with Gasteiger partial charge in [0.25, 0.3) is 0 Å². The number of ether oxygens (including phenoxy) is 2. The Morgan fingerprint density at radius 1 is 0.912 bits per heavy atom. The minimum atomic E-state index is -0.422. The number of amides is 2. The molecule has 4 rings (SSSR count). The summed E-state index contributed by atoms with van der Waals surface area (Å²) in [5.74, 6) is 1.72. The lowest BCUT2D eigenvalue weighted by Gasteiger charge is -2.13. The molecule has 0 atom stereocenters. The second-order valence-corrected chi connectivity index (χ2v) is 7.80. The number of nitrogens with zero attached hydrogens (tertiary/aromatic N) is 3. The zero-order chi connectivity index (χ0) is 24.1. The van der Waals surface area contributed by atoms with Crippen molar-refractivity contribution in [3.05, 3.63) is 70.5 Å². The number of urea groups is 1. The second-order valence-electron chi connectivity index (χ2n) is 6.96. The molecule has 2 amide bonds. The van der Waals surface area contributed by atoms with Crippen LogP contribution in [0.1, 0.15) is 5.69 Å². The zero-order valence-electron chi connectivity index (χ0n) is 18.0. The molecule has 0 saturated heterocycles. The standard InChI is InChI=1S/C22H19Cl2N7O3/c1-12-9-19(28-20-11-18(24)30-31-20)29-22(25-12)34-16-8-7-15(10-17(16)33-2)27-21(32)26-14-5-3-13(23)4-6-14/h3-11H,1-2H3,(H2,26,27,32)(H2,25,28,29,30,31). The smallest absolute Gasteiger partial charge is 0.324 e. The fourth-order valence-electron chi connectivity index (χ4n) is 2.90. The molecule has 2 heterocycles. The Bertz CT molecular complexity index is 1310. The molecule has 2 aromatic carbocycles. The highest BCUT2D eigenvalue weighted by molar-refractivity contribution is 6.30. The molecular formula is C22H19Cl2N7O3. The molecule has 4 aromatic rings. The van der Waals surface area contributed by atoms with Crippen molar-refractivity contribution in [3.63, 3.8) is 0 Å². The summed E-state index contributed by atoms with van der Waals surface area (Å²) in [4.78, 5) is 20.9. The van der Waals surface area contributed by atoms with Crippen LogP contribution in [0.2, 0.25) is 10.2 Å². The Morgan fingerprint density at radius 2 is 1.65 bits per heavy atom. The van der Waals surface area contributed by atoms with E-state index < -0.39 is 6.03 Å². The lowest BCUT2D eigenvalue weighted by Crippen LogP contribution is -2.19. The number of rotatable bonds is 7. The van der Waals surface area contributed by atoms with Crippen molar-refractivity contribution in [2.75, 3.05) is 23.1 Å². The fraction of sp³-hybridized carbons (Fsp3) is 0.0909. The predicted octanol–water partition coefficient (Wildman–Crippen LogP) is 6.00. The molecule has 0 radical (unpaired) electrons. The van der Waals surface area contributed by atoms with Gasteiger partial charge < -0.3 is 25.4 Å². The van der Waals surface area contributed by atoms with E-state index in [-0.39, 0.29) is 6.01 Å². The Hall–Kier alpha value is -4.02. The largest absolute Gasteiger partial charge is 0.493 e. The molecule has 0 bridgehead atoms. The van der Waals surface area contributed by atoms with Crippen LogP contribution in [0.25, 0.3) is 0 Å². The number of aromatic amines is 1. The maximum atomic E-state index is 12.3. The third kappa shape index (κ3) is 6.06. The number of hydrogen-bond acceptors (Lipinski definition) is 7. The van der Waals surface area contributed by atoms with Crippen molar-refractivity contribution in [1.29, 1.82) is 0 Å². The van der Waals surface area contributed by atoms with Crippen LogP contribution < -0.4 is 25.4 Å². The Balaban J connectivity index is 1.46. The van der Waals surface area contributed by atoms with E-state index in [2.05, 4.69) is 36.1 Å². The summed E-state index contributed by atoms with van der Waals surface area (Å²) in [6.45, 7) is 1.81. The average Bonchev–Trinajstić information content (AvgIpc) is 3.20. The van der Waals surface area contributed by atoms with Gasteiger partial charge in [0.05, 0.1) is 7.11 Å². The summed E-state index contributed by atoms with van der Waals surface area (Å²) >= 11 is 11.7. The summed E-state index contributed by atoms with van der Waals surface area (Å²) in [6, 6.07) is 14.7. The predicted molar refractivity (Wildman–Crippen MR) is 131 cm³/mol. The molecule has 0 unspecified atom stereocenters. The first-order valence-corrected chi connectivity index (χ1v) is 10.7. The molecule has 174 valence electrons. The van der Waals surface area contributed by atoms with Crippen molar-refractivity contribution < 1.29 is 14.3 Å². The van der Waals surface area contributed by atoms with Gasteiger partial charge in [0.1, 0.15) is 11.0 Å². The third-order valence-electron chi connectivity index (χ3n) is 4.36. The summed E-state index contributed by atoms with van der Waals surface area (Å²) in [6.07, 6.45) is 0. The number of carbonyl (C=O) groups excluding carboxylic acids is 1. The van der Waals surface area contributed by atoms with Gasteiger partial charge in [-0.1, -0.05) is 23.2 Å². The maximum absolute atomic E-state index is 12.3. The number of aromatic nitrogens is 4. The molecular weight excluding hydrogens is 481 g/mol. The lowest BCUT2D eigenvalue weighted by atomic mass is 10.2. The van der Waals surface area contributed by atoms with Gasteiger partial charge in [0.15, 0.2) is 17.3 Å². The molecule has 10 nitrogen and oxygen atoms in total. The van der Waals surface area contributed by atoms with Gasteiger partial charge in [0, 0.05) is 40.3 Å². The molecule has 0 fully saturated rings. The van der Waals surface area contributed by atoms with E-state index in [4.69, 9.17) is 32.7 Å². The minimum Gasteiger partial charge on any atom is -0.493 e. The van der Waals surface area contributed by atoms with Crippen LogP contribution in [0.3, 0.4) is 0 Å². The van der Waals surface area contributed by atoms with Crippen LogP contribution in [0.15, 0.2) is 54.6 Å². The highest BCUT2D eigenvalue weighted by atomic mass is 35.5. The Kier molecular flexibility index (Phi) is 7.00. The summed E-state index contributed by atoms with van der Waals surface area (Å²) in [5.41, 5.74) is 1.77. The molecule has 12 heteroatoms. The molecule has 0 aliphatic carbocycles. The SMILES string of the molecule is COc1cc(NC(=O)Nc2ccc(Cl)cc2)ccc1Oc1nc(C)cc(Nc2cc(Cl)[nH]n2)n1. The van der Waals surface area contributed by atoms with E-state index in [1.807, 2.05) is 0 Å². The van der Waals surface area contributed by atoms with E-state index >= 15 is 0 Å². The van der Waals surface area contributed by atoms with Gasteiger partial charge in [-0.15, -0.1) is 0 Å². The van der Waals surface area contributed by atoms with Gasteiger partial charge >= 0.3 is 12.0 Å². The molecule has 2 aromatic heterocycles. The summed E-state index contributed by atoms with van der Waals surface area (Å²) in [5, 5.41) is 16.1. The molecule has 0 aliphatic rings. The van der Waals surface area contributed by atoms with Crippen molar-refractivity contribution in [1.82, 2.24) is 20.2 Å². The molecule has 34 heavy (non-hydrogen) atoms. The number of methoxy groups -OCH3 is 1. The number of carbonyl (C=O) groups is 1. The van der Waals surface area contributed by atoms with Crippen molar-refractivity contribution in [3.8, 4) is 17.5 Å². The van der Waals surface area contributed by atoms with Gasteiger partial charge in [0.2, 0.25) is 0 Å². The first kappa shape index (κ1) is 23.1. The highest BCUT2D eigenvalue weighted by Crippen LogP contribution is 2.33. The molecule has 0 saturated carbocycles. The topological polar surface area (TPSA) is 126 Å². The van der Waals surface area contributed by atoms with Crippen LogP contribution in [0.5, 0.6) is 17.5 Å². The molecule has 0 spiro atoms. The fourth-order valence-corrected chi connectivity index (χ4v) is 3.17. The zero-order valence-corrected chi connectivity index (χ0v) is 19.5. The number of anilines is 4. The summed E-state index contributed by atoms with van der Waals surface area (Å²) in [7, 11) is 1.49. The van der Waals surface area contributed by atoms with Crippen LogP contribution in [0, 0.1) is 6.92 Å². The van der Waals surface area contributed by atoms with Gasteiger partial charge in [-0.25, -0.2) is 9.78 Å². The second kappa shape index (κ2) is 10.3. The van der Waals surface area contributed by atoms with E-state index in [1.165, 1.54) is 7.11 Å². The first-order chi connectivity index (χ1) is 16.4. The number of nitrogens with one attached hydrogen (secondary N) is 4. The molecule has 4 N–H and O–H groups in total. The summed E-state index contributed by atoms with van der Waals surface area (Å²) < 4.78 is 11.3. The number of hydrogen-bond donors (Lipinski definition) is 4. The number of H-pyrrole nitrogens is 1. The van der Waals surface area contributed by atoms with Crippen LogP contribution in [-0.4, -0.2) is 33.3 Å². The number of benzene rings is 2. The highest BCUT2D eigenvalue weighted by Gasteiger charge is 2.12. The molecule has 0 aliphatic heterocycles. The number of aryl methyl sites for hydroxylation is 1. The minimum absolute atomic E-state index is 0.101. The Labute approximate surface area is 204 Å². The van der Waals surface area contributed by atoms with Crippen LogP contribution >= 0.6 is 23.2 Å². The maximum Gasteiger partial charge on any atom is 0.324 e. The van der Waals surface area contributed by atoms with E-state index in [0.717, 1.165) is 0 Å². The third-order valence-corrected chi connectivity index (χ3v) is 4.81. The average molecular weight is 500 g/mol. The number of halogens is 2. The van der Waals surface area contributed by atoms with E-state index in [0.29, 0.717) is 50.4 Å². The normalized spacial score (nSPS) is 10.5. The van der Waals surface area contributed by atoms with Crippen molar-refractivity contribution in [2.24, 2.45) is 0 Å². The van der Waals surface area contributed by atoms with Crippen LogP contribution in [-0.2, 0) is 0 Å². The van der Waals surface area contributed by atoms with E-state index in [9.17, 15) is 4.79 Å². The lowest BCUT2D eigenvalue weighted by molar-refractivity contribution is 0.262.